The number of rotatable bonds is 8. The van der Waals surface area contributed by atoms with E-state index in [9.17, 15) is 13.2 Å². The van der Waals surface area contributed by atoms with Crippen molar-refractivity contribution in [3.05, 3.63) is 70.8 Å². The van der Waals surface area contributed by atoms with Crippen LogP contribution in [0, 0.1) is 0 Å². The molecule has 0 aliphatic rings. The van der Waals surface area contributed by atoms with E-state index in [0.29, 0.717) is 18.1 Å². The smallest absolute Gasteiger partial charge is 0.244 e. The molecule has 0 saturated carbocycles. The van der Waals surface area contributed by atoms with Gasteiger partial charge >= 0.3 is 0 Å². The van der Waals surface area contributed by atoms with Crippen LogP contribution in [0.4, 0.5) is 0 Å². The molecule has 28 heavy (non-hydrogen) atoms. The van der Waals surface area contributed by atoms with Gasteiger partial charge in [-0.3, -0.25) is 4.79 Å². The van der Waals surface area contributed by atoms with Crippen molar-refractivity contribution in [3.8, 4) is 0 Å². The molecule has 2 rings (SSSR count). The normalized spacial score (nSPS) is 13.0. The summed E-state index contributed by atoms with van der Waals surface area (Å²) in [6.07, 6.45) is 3.07. The molecule has 150 valence electrons. The van der Waals surface area contributed by atoms with Gasteiger partial charge in [-0.05, 0) is 48.4 Å². The lowest BCUT2D eigenvalue weighted by molar-refractivity contribution is -0.117. The number of nitrogens with zero attached hydrogens (tertiary/aromatic N) is 1. The van der Waals surface area contributed by atoms with Gasteiger partial charge in [-0.1, -0.05) is 49.7 Å². The number of amides is 1. The lowest BCUT2D eigenvalue weighted by Crippen LogP contribution is -2.30. The highest BCUT2D eigenvalue weighted by Gasteiger charge is 2.20. The second-order valence-corrected chi connectivity index (χ2v) is 8.65. The van der Waals surface area contributed by atoms with Crippen molar-refractivity contribution in [2.24, 2.45) is 0 Å². The zero-order valence-electron chi connectivity index (χ0n) is 16.2. The molecule has 0 fully saturated rings. The zero-order valence-corrected chi connectivity index (χ0v) is 17.8. The Labute approximate surface area is 172 Å². The van der Waals surface area contributed by atoms with Crippen molar-refractivity contribution in [3.63, 3.8) is 0 Å². The molecular formula is C21H25ClN2O3S. The Morgan fingerprint density at radius 2 is 1.79 bits per heavy atom. The minimum Gasteiger partial charge on any atom is -0.346 e. The molecular weight excluding hydrogens is 396 g/mol. The fourth-order valence-electron chi connectivity index (χ4n) is 2.76. The van der Waals surface area contributed by atoms with E-state index in [1.54, 1.807) is 50.3 Å². The Morgan fingerprint density at radius 3 is 2.36 bits per heavy atom. The summed E-state index contributed by atoms with van der Waals surface area (Å²) in [4.78, 5) is 12.4. The van der Waals surface area contributed by atoms with E-state index >= 15 is 0 Å². The van der Waals surface area contributed by atoms with Gasteiger partial charge in [-0.15, -0.1) is 0 Å². The number of carbonyl (C=O) groups excluding carboxylic acids is 1. The van der Waals surface area contributed by atoms with Crippen molar-refractivity contribution in [1.29, 1.82) is 0 Å². The van der Waals surface area contributed by atoms with Crippen LogP contribution in [0.1, 0.15) is 37.9 Å². The molecule has 2 aromatic rings. The second kappa shape index (κ2) is 9.87. The lowest BCUT2D eigenvalue weighted by atomic mass is 10.1. The first-order valence-corrected chi connectivity index (χ1v) is 10.9. The van der Waals surface area contributed by atoms with Crippen LogP contribution in [0.2, 0.25) is 5.02 Å². The fraction of sp³-hybridized carbons (Fsp3) is 0.286. The standard InChI is InChI=1S/C21H25ClN2O3S/c1-4-24(5-2)28(26,27)20-12-9-17(10-13-20)11-14-21(25)23-16(3)18-7-6-8-19(22)15-18/h6-16H,4-5H2,1-3H3,(H,23,25)/b14-11+. The molecule has 1 unspecified atom stereocenters. The van der Waals surface area contributed by atoms with Crippen LogP contribution in [-0.4, -0.2) is 31.7 Å². The first-order chi connectivity index (χ1) is 13.3. The van der Waals surface area contributed by atoms with Gasteiger partial charge in [0, 0.05) is 24.2 Å². The van der Waals surface area contributed by atoms with E-state index in [1.165, 1.54) is 10.4 Å². The van der Waals surface area contributed by atoms with Crippen LogP contribution >= 0.6 is 11.6 Å². The van der Waals surface area contributed by atoms with E-state index in [0.717, 1.165) is 11.1 Å². The maximum Gasteiger partial charge on any atom is 0.244 e. The van der Waals surface area contributed by atoms with Gasteiger partial charge in [-0.25, -0.2) is 8.42 Å². The largest absolute Gasteiger partial charge is 0.346 e. The van der Waals surface area contributed by atoms with E-state index in [2.05, 4.69) is 5.32 Å². The number of carbonyl (C=O) groups is 1. The number of hydrogen-bond donors (Lipinski definition) is 1. The van der Waals surface area contributed by atoms with Crippen LogP contribution < -0.4 is 5.32 Å². The molecule has 1 amide bonds. The Hall–Kier alpha value is -2.15. The average Bonchev–Trinajstić information content (AvgIpc) is 2.67. The number of hydrogen-bond acceptors (Lipinski definition) is 3. The summed E-state index contributed by atoms with van der Waals surface area (Å²) in [6.45, 7) is 6.34. The quantitative estimate of drug-likeness (QED) is 0.649. The zero-order chi connectivity index (χ0) is 20.7. The molecule has 2 aromatic carbocycles. The first kappa shape index (κ1) is 22.1. The highest BCUT2D eigenvalue weighted by Crippen LogP contribution is 2.18. The maximum atomic E-state index is 12.5. The number of benzene rings is 2. The summed E-state index contributed by atoms with van der Waals surface area (Å²) >= 11 is 5.98. The molecule has 1 atom stereocenters. The molecule has 0 spiro atoms. The summed E-state index contributed by atoms with van der Waals surface area (Å²) < 4.78 is 26.4. The van der Waals surface area contributed by atoms with Gasteiger partial charge in [0.15, 0.2) is 0 Å². The Bertz CT molecular complexity index is 936. The van der Waals surface area contributed by atoms with Crippen LogP contribution in [0.5, 0.6) is 0 Å². The highest BCUT2D eigenvalue weighted by molar-refractivity contribution is 7.89. The van der Waals surface area contributed by atoms with Gasteiger partial charge < -0.3 is 5.32 Å². The van der Waals surface area contributed by atoms with Gasteiger partial charge in [0.1, 0.15) is 0 Å². The predicted octanol–water partition coefficient (Wildman–Crippen LogP) is 4.26. The molecule has 0 heterocycles. The summed E-state index contributed by atoms with van der Waals surface area (Å²) in [5.41, 5.74) is 1.66. The third kappa shape index (κ3) is 5.67. The van der Waals surface area contributed by atoms with E-state index in [-0.39, 0.29) is 16.8 Å². The molecule has 0 bridgehead atoms. The monoisotopic (exact) mass is 420 g/mol. The number of halogens is 1. The third-order valence-electron chi connectivity index (χ3n) is 4.36. The molecule has 0 aliphatic heterocycles. The summed E-state index contributed by atoms with van der Waals surface area (Å²) in [5.74, 6) is -0.243. The van der Waals surface area contributed by atoms with E-state index in [4.69, 9.17) is 11.6 Å². The average molecular weight is 421 g/mol. The summed E-state index contributed by atoms with van der Waals surface area (Å²) in [6, 6.07) is 13.6. The van der Waals surface area contributed by atoms with Gasteiger partial charge in [0.2, 0.25) is 15.9 Å². The van der Waals surface area contributed by atoms with Gasteiger partial charge in [-0.2, -0.15) is 4.31 Å². The molecule has 0 saturated heterocycles. The van der Waals surface area contributed by atoms with Crippen molar-refractivity contribution >= 4 is 33.6 Å². The third-order valence-corrected chi connectivity index (χ3v) is 6.66. The molecule has 5 nitrogen and oxygen atoms in total. The summed E-state index contributed by atoms with van der Waals surface area (Å²) in [7, 11) is -3.48. The van der Waals surface area contributed by atoms with Crippen molar-refractivity contribution in [2.45, 2.75) is 31.7 Å². The van der Waals surface area contributed by atoms with Crippen LogP contribution in [0.25, 0.3) is 6.08 Å². The summed E-state index contributed by atoms with van der Waals surface area (Å²) in [5, 5.41) is 3.49. The Kier molecular flexibility index (Phi) is 7.80. The SMILES string of the molecule is CCN(CC)S(=O)(=O)c1ccc(/C=C/C(=O)NC(C)c2cccc(Cl)c2)cc1. The lowest BCUT2D eigenvalue weighted by Gasteiger charge is -2.18. The number of nitrogens with one attached hydrogen (secondary N) is 1. The maximum absolute atomic E-state index is 12.5. The topological polar surface area (TPSA) is 66.5 Å². The van der Waals surface area contributed by atoms with Crippen LogP contribution in [-0.2, 0) is 14.8 Å². The van der Waals surface area contributed by atoms with E-state index < -0.39 is 10.0 Å². The second-order valence-electron chi connectivity index (χ2n) is 6.28. The molecule has 0 aromatic heterocycles. The highest BCUT2D eigenvalue weighted by atomic mass is 35.5. The predicted molar refractivity (Wildman–Crippen MR) is 114 cm³/mol. The van der Waals surface area contributed by atoms with Gasteiger partial charge in [0.25, 0.3) is 0 Å². The Balaban J connectivity index is 2.03. The van der Waals surface area contributed by atoms with Crippen molar-refractivity contribution in [1.82, 2.24) is 9.62 Å². The molecule has 0 radical (unpaired) electrons. The van der Waals surface area contributed by atoms with E-state index in [1.807, 2.05) is 25.1 Å². The van der Waals surface area contributed by atoms with Crippen molar-refractivity contribution in [2.75, 3.05) is 13.1 Å². The fourth-order valence-corrected chi connectivity index (χ4v) is 4.41. The minimum absolute atomic E-state index is 0.183. The van der Waals surface area contributed by atoms with Crippen LogP contribution in [0.15, 0.2) is 59.5 Å². The molecule has 7 heteroatoms. The van der Waals surface area contributed by atoms with Crippen molar-refractivity contribution < 1.29 is 13.2 Å². The minimum atomic E-state index is -3.48. The first-order valence-electron chi connectivity index (χ1n) is 9.12. The van der Waals surface area contributed by atoms with Crippen LogP contribution in [0.3, 0.4) is 0 Å². The van der Waals surface area contributed by atoms with Gasteiger partial charge in [0.05, 0.1) is 10.9 Å². The Morgan fingerprint density at radius 1 is 1.14 bits per heavy atom. The number of sulfonamides is 1. The molecule has 0 aliphatic carbocycles. The molecule has 1 N–H and O–H groups in total.